The van der Waals surface area contributed by atoms with Gasteiger partial charge in [-0.25, -0.2) is 18.7 Å². The molecule has 1 aliphatic rings. The van der Waals surface area contributed by atoms with Gasteiger partial charge >= 0.3 is 11.7 Å². The number of carboxylic acids is 1. The molecule has 0 aliphatic carbocycles. The number of hydrogen-bond acceptors (Lipinski definition) is 4. The Morgan fingerprint density at radius 3 is 2.81 bits per heavy atom. The molecule has 0 atom stereocenters. The summed E-state index contributed by atoms with van der Waals surface area (Å²) in [6, 6.07) is 3.13. The first-order chi connectivity index (χ1) is 12.5. The third-order valence-corrected chi connectivity index (χ3v) is 4.32. The fraction of sp³-hybridized carbons (Fsp3) is 0.412. The molecular formula is C17H19FN4O4. The molecule has 2 heterocycles. The quantitative estimate of drug-likeness (QED) is 0.747. The molecule has 1 aromatic carbocycles. The van der Waals surface area contributed by atoms with Crippen LogP contribution in [0.3, 0.4) is 0 Å². The molecule has 2 aromatic rings. The van der Waals surface area contributed by atoms with Crippen molar-refractivity contribution >= 4 is 11.9 Å². The largest absolute Gasteiger partial charge is 0.478 e. The van der Waals surface area contributed by atoms with E-state index in [0.717, 1.165) is 37.2 Å². The van der Waals surface area contributed by atoms with Crippen molar-refractivity contribution in [1.82, 2.24) is 19.7 Å². The number of aromatic nitrogens is 3. The van der Waals surface area contributed by atoms with E-state index in [4.69, 9.17) is 5.11 Å². The standard InChI is InChI=1S/C17H19FN4O4/c18-13-10-11(16(24)25)5-6-12(13)15(23)19-7-3-9-22-17(26)21-8-2-1-4-14(21)20-22/h5-6,10H,1-4,7-9H2,(H,19,23)(H,24,25). The molecule has 0 bridgehead atoms. The van der Waals surface area contributed by atoms with E-state index in [1.54, 1.807) is 4.57 Å². The van der Waals surface area contributed by atoms with Crippen molar-refractivity contribution < 1.29 is 19.1 Å². The van der Waals surface area contributed by atoms with E-state index in [9.17, 15) is 18.8 Å². The second-order valence-electron chi connectivity index (χ2n) is 6.14. The number of nitrogens with zero attached hydrogens (tertiary/aromatic N) is 3. The average Bonchev–Trinajstić information content (AvgIpc) is 2.94. The first kappa shape index (κ1) is 17.8. The maximum atomic E-state index is 13.8. The highest BCUT2D eigenvalue weighted by molar-refractivity contribution is 5.96. The number of carbonyl (C=O) groups excluding carboxylic acids is 1. The molecule has 1 aliphatic heterocycles. The van der Waals surface area contributed by atoms with Gasteiger partial charge in [0.15, 0.2) is 0 Å². The van der Waals surface area contributed by atoms with E-state index in [-0.39, 0.29) is 23.4 Å². The zero-order valence-electron chi connectivity index (χ0n) is 14.1. The van der Waals surface area contributed by atoms with Gasteiger partial charge in [-0.2, -0.15) is 5.10 Å². The minimum absolute atomic E-state index is 0.138. The van der Waals surface area contributed by atoms with Gasteiger partial charge in [-0.1, -0.05) is 0 Å². The van der Waals surface area contributed by atoms with Crippen molar-refractivity contribution in [2.45, 2.75) is 38.8 Å². The normalized spacial score (nSPS) is 13.3. The van der Waals surface area contributed by atoms with Crippen molar-refractivity contribution in [3.05, 3.63) is 51.5 Å². The van der Waals surface area contributed by atoms with Gasteiger partial charge in [0.05, 0.1) is 11.1 Å². The molecule has 0 spiro atoms. The Bertz CT molecular complexity index is 903. The average molecular weight is 362 g/mol. The molecule has 1 aromatic heterocycles. The first-order valence-corrected chi connectivity index (χ1v) is 8.45. The van der Waals surface area contributed by atoms with Crippen molar-refractivity contribution in [3.63, 3.8) is 0 Å². The highest BCUT2D eigenvalue weighted by Crippen LogP contribution is 2.11. The topological polar surface area (TPSA) is 106 Å². The van der Waals surface area contributed by atoms with Crippen LogP contribution in [0.4, 0.5) is 4.39 Å². The van der Waals surface area contributed by atoms with Crippen LogP contribution in [-0.4, -0.2) is 37.9 Å². The number of aromatic carboxylic acids is 1. The number of carboxylic acid groups (broad SMARTS) is 1. The lowest BCUT2D eigenvalue weighted by Crippen LogP contribution is -2.29. The van der Waals surface area contributed by atoms with E-state index in [1.165, 1.54) is 10.7 Å². The molecule has 0 saturated heterocycles. The molecule has 3 rings (SSSR count). The fourth-order valence-corrected chi connectivity index (χ4v) is 2.95. The van der Waals surface area contributed by atoms with Gasteiger partial charge in [0.25, 0.3) is 5.91 Å². The lowest BCUT2D eigenvalue weighted by Gasteiger charge is -2.09. The van der Waals surface area contributed by atoms with Crippen LogP contribution in [0.5, 0.6) is 0 Å². The lowest BCUT2D eigenvalue weighted by atomic mass is 10.1. The number of aryl methyl sites for hydroxylation is 2. The van der Waals surface area contributed by atoms with E-state index in [0.29, 0.717) is 19.5 Å². The molecule has 0 unspecified atom stereocenters. The summed E-state index contributed by atoms with van der Waals surface area (Å²) in [7, 11) is 0. The molecule has 0 saturated carbocycles. The third-order valence-electron chi connectivity index (χ3n) is 4.32. The molecule has 138 valence electrons. The number of benzene rings is 1. The van der Waals surface area contributed by atoms with Crippen LogP contribution in [0.2, 0.25) is 0 Å². The minimum atomic E-state index is -1.26. The van der Waals surface area contributed by atoms with Gasteiger partial charge in [-0.3, -0.25) is 9.36 Å². The second kappa shape index (κ2) is 7.51. The molecule has 2 N–H and O–H groups in total. The second-order valence-corrected chi connectivity index (χ2v) is 6.14. The van der Waals surface area contributed by atoms with Crippen LogP contribution in [0, 0.1) is 5.82 Å². The Hall–Kier alpha value is -2.97. The highest BCUT2D eigenvalue weighted by Gasteiger charge is 2.17. The van der Waals surface area contributed by atoms with Crippen molar-refractivity contribution in [3.8, 4) is 0 Å². The number of hydrogen-bond donors (Lipinski definition) is 2. The number of carbonyl (C=O) groups is 2. The number of rotatable bonds is 6. The van der Waals surface area contributed by atoms with Crippen LogP contribution >= 0.6 is 0 Å². The summed E-state index contributed by atoms with van der Waals surface area (Å²) in [6.45, 7) is 1.30. The zero-order chi connectivity index (χ0) is 18.7. The van der Waals surface area contributed by atoms with Crippen molar-refractivity contribution in [2.24, 2.45) is 0 Å². The Morgan fingerprint density at radius 1 is 1.31 bits per heavy atom. The maximum Gasteiger partial charge on any atom is 0.345 e. The number of fused-ring (bicyclic) bond motifs is 1. The number of nitrogens with one attached hydrogen (secondary N) is 1. The predicted octanol–water partition coefficient (Wildman–Crippen LogP) is 1.04. The van der Waals surface area contributed by atoms with Crippen LogP contribution < -0.4 is 11.0 Å². The lowest BCUT2D eigenvalue weighted by molar-refractivity contribution is 0.0695. The van der Waals surface area contributed by atoms with Gasteiger partial charge in [-0.05, 0) is 37.5 Å². The maximum absolute atomic E-state index is 13.8. The van der Waals surface area contributed by atoms with Gasteiger partial charge in [0.2, 0.25) is 0 Å². The summed E-state index contributed by atoms with van der Waals surface area (Å²) in [6.07, 6.45) is 3.27. The van der Waals surface area contributed by atoms with Crippen LogP contribution in [0.25, 0.3) is 0 Å². The summed E-state index contributed by atoms with van der Waals surface area (Å²) in [4.78, 5) is 34.9. The van der Waals surface area contributed by atoms with E-state index in [1.807, 2.05) is 0 Å². The van der Waals surface area contributed by atoms with Crippen LogP contribution in [0.15, 0.2) is 23.0 Å². The number of amides is 1. The molecule has 9 heteroatoms. The Kier molecular flexibility index (Phi) is 5.15. The summed E-state index contributed by atoms with van der Waals surface area (Å²) in [5.41, 5.74) is -0.576. The van der Waals surface area contributed by atoms with Crippen LogP contribution in [-0.2, 0) is 19.5 Å². The van der Waals surface area contributed by atoms with Crippen molar-refractivity contribution in [1.29, 1.82) is 0 Å². The van der Waals surface area contributed by atoms with E-state index >= 15 is 0 Å². The Balaban J connectivity index is 1.54. The molecular weight excluding hydrogens is 343 g/mol. The monoisotopic (exact) mass is 362 g/mol. The smallest absolute Gasteiger partial charge is 0.345 e. The molecule has 8 nitrogen and oxygen atoms in total. The number of halogens is 1. The molecule has 0 fully saturated rings. The Morgan fingerprint density at radius 2 is 2.12 bits per heavy atom. The molecule has 1 amide bonds. The summed E-state index contributed by atoms with van der Waals surface area (Å²) < 4.78 is 16.9. The van der Waals surface area contributed by atoms with Crippen LogP contribution in [0.1, 0.15) is 45.8 Å². The van der Waals surface area contributed by atoms with Gasteiger partial charge in [0.1, 0.15) is 11.6 Å². The van der Waals surface area contributed by atoms with E-state index in [2.05, 4.69) is 10.4 Å². The summed E-state index contributed by atoms with van der Waals surface area (Å²) in [5, 5.41) is 15.7. The predicted molar refractivity (Wildman–Crippen MR) is 89.7 cm³/mol. The Labute approximate surface area is 148 Å². The molecule has 26 heavy (non-hydrogen) atoms. The summed E-state index contributed by atoms with van der Waals surface area (Å²) >= 11 is 0. The third kappa shape index (κ3) is 3.66. The van der Waals surface area contributed by atoms with E-state index < -0.39 is 17.7 Å². The van der Waals surface area contributed by atoms with Gasteiger partial charge < -0.3 is 10.4 Å². The van der Waals surface area contributed by atoms with Crippen molar-refractivity contribution in [2.75, 3.05) is 6.54 Å². The first-order valence-electron chi connectivity index (χ1n) is 8.45. The van der Waals surface area contributed by atoms with Gasteiger partial charge in [0, 0.05) is 26.1 Å². The SMILES string of the molecule is O=C(O)c1ccc(C(=O)NCCCn2nc3n(c2=O)CCCC3)c(F)c1. The highest BCUT2D eigenvalue weighted by atomic mass is 19.1. The molecule has 0 radical (unpaired) electrons. The summed E-state index contributed by atoms with van der Waals surface area (Å²) in [5.74, 6) is -1.98. The van der Waals surface area contributed by atoms with Gasteiger partial charge in [-0.15, -0.1) is 0 Å². The zero-order valence-corrected chi connectivity index (χ0v) is 14.1. The minimum Gasteiger partial charge on any atom is -0.478 e. The fourth-order valence-electron chi connectivity index (χ4n) is 2.95.